The summed E-state index contributed by atoms with van der Waals surface area (Å²) in [7, 11) is 0. The molecule has 64 valence electrons. The molecule has 0 atom stereocenters. The van der Waals surface area contributed by atoms with Gasteiger partial charge in [-0.1, -0.05) is 13.8 Å². The Kier molecular flexibility index (Phi) is 1.98. The number of nitrogens with two attached hydrogens (primary N) is 1. The molecule has 3 heteroatoms. The van der Waals surface area contributed by atoms with Crippen LogP contribution in [0.4, 0.5) is 0 Å². The standard InChI is InChI=1S/C8H15NO2/c1-6(9)7-10-4-8(2,3)5-11-7/h4-5,9H2,1-3H3. The molecule has 0 amide bonds. The van der Waals surface area contributed by atoms with Crippen molar-refractivity contribution < 1.29 is 9.47 Å². The maximum atomic E-state index is 5.49. The van der Waals surface area contributed by atoms with Crippen LogP contribution in [0.15, 0.2) is 11.6 Å². The second-order valence-electron chi connectivity index (χ2n) is 3.71. The molecular weight excluding hydrogens is 142 g/mol. The summed E-state index contributed by atoms with van der Waals surface area (Å²) in [5.74, 6) is 0.490. The van der Waals surface area contributed by atoms with Gasteiger partial charge in [-0.05, 0) is 6.92 Å². The number of hydrogen-bond donors (Lipinski definition) is 1. The lowest BCUT2D eigenvalue weighted by Crippen LogP contribution is -2.31. The molecule has 0 bridgehead atoms. The van der Waals surface area contributed by atoms with Gasteiger partial charge in [-0.3, -0.25) is 0 Å². The summed E-state index contributed by atoms with van der Waals surface area (Å²) >= 11 is 0. The first-order chi connectivity index (χ1) is 5.01. The van der Waals surface area contributed by atoms with E-state index in [1.54, 1.807) is 6.92 Å². The van der Waals surface area contributed by atoms with Crippen molar-refractivity contribution in [1.29, 1.82) is 0 Å². The third-order valence-electron chi connectivity index (χ3n) is 1.51. The summed E-state index contributed by atoms with van der Waals surface area (Å²) in [6.45, 7) is 7.31. The van der Waals surface area contributed by atoms with Crippen LogP contribution < -0.4 is 5.73 Å². The Morgan fingerprint density at radius 2 is 1.82 bits per heavy atom. The molecule has 1 aliphatic rings. The fraction of sp³-hybridized carbons (Fsp3) is 0.750. The zero-order chi connectivity index (χ0) is 8.48. The maximum Gasteiger partial charge on any atom is 0.298 e. The minimum atomic E-state index is 0.110. The van der Waals surface area contributed by atoms with Crippen molar-refractivity contribution in [1.82, 2.24) is 0 Å². The fourth-order valence-corrected chi connectivity index (χ4v) is 0.833. The molecule has 1 heterocycles. The molecule has 2 N–H and O–H groups in total. The molecular formula is C8H15NO2. The van der Waals surface area contributed by atoms with E-state index in [1.807, 2.05) is 0 Å². The molecule has 0 aromatic heterocycles. The summed E-state index contributed by atoms with van der Waals surface area (Å²) in [4.78, 5) is 0. The van der Waals surface area contributed by atoms with Gasteiger partial charge in [0.15, 0.2) is 0 Å². The van der Waals surface area contributed by atoms with Crippen LogP contribution in [-0.2, 0) is 9.47 Å². The molecule has 1 fully saturated rings. The molecule has 0 spiro atoms. The normalized spacial score (nSPS) is 21.9. The Hall–Kier alpha value is -0.860. The second-order valence-corrected chi connectivity index (χ2v) is 3.71. The lowest BCUT2D eigenvalue weighted by Gasteiger charge is -2.31. The fourth-order valence-electron chi connectivity index (χ4n) is 0.833. The van der Waals surface area contributed by atoms with Crippen LogP contribution >= 0.6 is 0 Å². The van der Waals surface area contributed by atoms with Crippen molar-refractivity contribution in [2.75, 3.05) is 13.2 Å². The van der Waals surface area contributed by atoms with Crippen molar-refractivity contribution in [2.24, 2.45) is 11.1 Å². The third kappa shape index (κ3) is 2.03. The molecule has 11 heavy (non-hydrogen) atoms. The van der Waals surface area contributed by atoms with E-state index in [0.717, 1.165) is 0 Å². The van der Waals surface area contributed by atoms with E-state index in [0.29, 0.717) is 24.9 Å². The average molecular weight is 157 g/mol. The van der Waals surface area contributed by atoms with E-state index in [9.17, 15) is 0 Å². The highest BCUT2D eigenvalue weighted by atomic mass is 16.7. The van der Waals surface area contributed by atoms with Gasteiger partial charge in [-0.25, -0.2) is 0 Å². The van der Waals surface area contributed by atoms with Crippen molar-refractivity contribution in [3.8, 4) is 0 Å². The Bertz CT molecular complexity index is 169. The lowest BCUT2D eigenvalue weighted by molar-refractivity contribution is -0.0873. The Morgan fingerprint density at radius 3 is 2.18 bits per heavy atom. The summed E-state index contributed by atoms with van der Waals surface area (Å²) in [5.41, 5.74) is 6.21. The predicted molar refractivity (Wildman–Crippen MR) is 42.6 cm³/mol. The maximum absolute atomic E-state index is 5.49. The van der Waals surface area contributed by atoms with Crippen LogP contribution in [0.25, 0.3) is 0 Å². The van der Waals surface area contributed by atoms with Gasteiger partial charge in [0.25, 0.3) is 5.95 Å². The molecule has 0 aliphatic carbocycles. The van der Waals surface area contributed by atoms with Gasteiger partial charge in [0.2, 0.25) is 0 Å². The second kappa shape index (κ2) is 2.64. The quantitative estimate of drug-likeness (QED) is 0.574. The minimum absolute atomic E-state index is 0.110. The molecule has 1 saturated heterocycles. The van der Waals surface area contributed by atoms with Crippen LogP contribution in [0, 0.1) is 5.41 Å². The smallest absolute Gasteiger partial charge is 0.298 e. The molecule has 0 aromatic carbocycles. The monoisotopic (exact) mass is 157 g/mol. The first-order valence-corrected chi connectivity index (χ1v) is 3.73. The van der Waals surface area contributed by atoms with E-state index in [4.69, 9.17) is 15.2 Å². The molecule has 0 radical (unpaired) electrons. The highest BCUT2D eigenvalue weighted by Crippen LogP contribution is 2.24. The van der Waals surface area contributed by atoms with Crippen LogP contribution in [-0.4, -0.2) is 13.2 Å². The number of hydrogen-bond acceptors (Lipinski definition) is 3. The van der Waals surface area contributed by atoms with Crippen molar-refractivity contribution in [3.05, 3.63) is 11.6 Å². The van der Waals surface area contributed by atoms with Crippen LogP contribution in [0.3, 0.4) is 0 Å². The molecule has 1 rings (SSSR count). The highest BCUT2D eigenvalue weighted by Gasteiger charge is 2.26. The third-order valence-corrected chi connectivity index (χ3v) is 1.51. The Balaban J connectivity index is 2.56. The highest BCUT2D eigenvalue weighted by molar-refractivity contribution is 4.96. The molecule has 0 saturated carbocycles. The van der Waals surface area contributed by atoms with Gasteiger partial charge < -0.3 is 15.2 Å². The van der Waals surface area contributed by atoms with Gasteiger partial charge in [-0.2, -0.15) is 0 Å². The summed E-state index contributed by atoms with van der Waals surface area (Å²) < 4.78 is 10.6. The Morgan fingerprint density at radius 1 is 1.36 bits per heavy atom. The average Bonchev–Trinajstić information content (AvgIpc) is 1.86. The van der Waals surface area contributed by atoms with Gasteiger partial charge in [0.05, 0.1) is 18.9 Å². The molecule has 1 aliphatic heterocycles. The largest absolute Gasteiger partial charge is 0.463 e. The molecule has 3 nitrogen and oxygen atoms in total. The van der Waals surface area contributed by atoms with E-state index < -0.39 is 0 Å². The zero-order valence-corrected chi connectivity index (χ0v) is 7.31. The van der Waals surface area contributed by atoms with Crippen molar-refractivity contribution in [3.63, 3.8) is 0 Å². The summed E-state index contributed by atoms with van der Waals surface area (Å²) in [6, 6.07) is 0. The SMILES string of the molecule is CC(N)=C1OCC(C)(C)CO1. The Labute approximate surface area is 67.2 Å². The minimum Gasteiger partial charge on any atom is -0.463 e. The predicted octanol–water partition coefficient (Wildman–Crippen LogP) is 1.21. The first kappa shape index (κ1) is 8.24. The number of ether oxygens (including phenoxy) is 2. The topological polar surface area (TPSA) is 44.5 Å². The zero-order valence-electron chi connectivity index (χ0n) is 7.31. The number of rotatable bonds is 0. The van der Waals surface area contributed by atoms with E-state index >= 15 is 0 Å². The lowest BCUT2D eigenvalue weighted by atomic mass is 9.96. The molecule has 0 unspecified atom stereocenters. The van der Waals surface area contributed by atoms with Crippen LogP contribution in [0.2, 0.25) is 0 Å². The van der Waals surface area contributed by atoms with Gasteiger partial charge in [0.1, 0.15) is 0 Å². The summed E-state index contributed by atoms with van der Waals surface area (Å²) in [5, 5.41) is 0. The van der Waals surface area contributed by atoms with Crippen molar-refractivity contribution >= 4 is 0 Å². The van der Waals surface area contributed by atoms with Crippen molar-refractivity contribution in [2.45, 2.75) is 20.8 Å². The first-order valence-electron chi connectivity index (χ1n) is 3.73. The van der Waals surface area contributed by atoms with Gasteiger partial charge >= 0.3 is 0 Å². The van der Waals surface area contributed by atoms with E-state index in [-0.39, 0.29) is 5.41 Å². The summed E-state index contributed by atoms with van der Waals surface area (Å²) in [6.07, 6.45) is 0. The van der Waals surface area contributed by atoms with E-state index in [2.05, 4.69) is 13.8 Å². The number of allylic oxidation sites excluding steroid dienone is 1. The van der Waals surface area contributed by atoms with Gasteiger partial charge in [0, 0.05) is 5.41 Å². The molecule has 0 aromatic rings. The van der Waals surface area contributed by atoms with Crippen LogP contribution in [0.5, 0.6) is 0 Å². The van der Waals surface area contributed by atoms with Crippen LogP contribution in [0.1, 0.15) is 20.8 Å². The van der Waals surface area contributed by atoms with Gasteiger partial charge in [-0.15, -0.1) is 0 Å². The van der Waals surface area contributed by atoms with E-state index in [1.165, 1.54) is 0 Å².